The van der Waals surface area contributed by atoms with Crippen molar-refractivity contribution in [2.45, 2.75) is 44.6 Å². The Morgan fingerprint density at radius 2 is 2.38 bits per heavy atom. The third-order valence-electron chi connectivity index (χ3n) is 3.81. The first-order valence-corrected chi connectivity index (χ1v) is 5.57. The Hall–Kier alpha value is -0.300. The van der Waals surface area contributed by atoms with Crippen LogP contribution < -0.4 is 0 Å². The molecule has 1 saturated carbocycles. The number of unbranched alkanes of at least 4 members (excludes halogenated alkanes) is 1. The van der Waals surface area contributed by atoms with E-state index in [4.69, 9.17) is 4.74 Å². The molecule has 2 aliphatic rings. The summed E-state index contributed by atoms with van der Waals surface area (Å²) in [7, 11) is 1.89. The fraction of sp³-hybridized carbons (Fsp3) is 0.833. The number of rotatable bonds is 4. The zero-order valence-electron chi connectivity index (χ0n) is 8.75. The van der Waals surface area contributed by atoms with Gasteiger partial charge in [-0.3, -0.25) is 0 Å². The average molecular weight is 180 g/mol. The minimum atomic E-state index is 0.253. The standard InChI is InChI=1S/C12H20O/c1-3-4-9-12(13-2)10-7-5-6-8-11(10)12/h5,7,10-11H,3-4,6,8-9H2,1-2H3/t10-,11+,12-/m0/s1. The van der Waals surface area contributed by atoms with E-state index in [0.717, 1.165) is 11.8 Å². The molecule has 1 nitrogen and oxygen atoms in total. The summed E-state index contributed by atoms with van der Waals surface area (Å²) in [5, 5.41) is 0. The second kappa shape index (κ2) is 3.45. The van der Waals surface area contributed by atoms with Gasteiger partial charge in [0, 0.05) is 13.0 Å². The average Bonchev–Trinajstić information content (AvgIpc) is 2.84. The van der Waals surface area contributed by atoms with Gasteiger partial charge in [0.1, 0.15) is 0 Å². The molecule has 0 unspecified atom stereocenters. The SMILES string of the molecule is CCCC[C@@]1(OC)[C@@H]2CCC=C[C@@H]21. The van der Waals surface area contributed by atoms with E-state index in [9.17, 15) is 0 Å². The minimum Gasteiger partial charge on any atom is -0.377 e. The van der Waals surface area contributed by atoms with Crippen molar-refractivity contribution in [1.29, 1.82) is 0 Å². The molecule has 74 valence electrons. The quantitative estimate of drug-likeness (QED) is 0.604. The van der Waals surface area contributed by atoms with Gasteiger partial charge in [0.15, 0.2) is 0 Å². The van der Waals surface area contributed by atoms with Gasteiger partial charge < -0.3 is 4.74 Å². The van der Waals surface area contributed by atoms with Crippen molar-refractivity contribution in [3.63, 3.8) is 0 Å². The number of methoxy groups -OCH3 is 1. The van der Waals surface area contributed by atoms with E-state index in [1.54, 1.807) is 0 Å². The Labute approximate surface area is 81.2 Å². The number of hydrogen-bond donors (Lipinski definition) is 0. The maximum atomic E-state index is 5.75. The third-order valence-corrected chi connectivity index (χ3v) is 3.81. The van der Waals surface area contributed by atoms with Gasteiger partial charge in [-0.05, 0) is 25.2 Å². The highest BCUT2D eigenvalue weighted by molar-refractivity contribution is 5.23. The van der Waals surface area contributed by atoms with Crippen LogP contribution in [-0.4, -0.2) is 12.7 Å². The van der Waals surface area contributed by atoms with Crippen molar-refractivity contribution in [2.75, 3.05) is 7.11 Å². The molecule has 0 aliphatic heterocycles. The van der Waals surface area contributed by atoms with E-state index in [2.05, 4.69) is 19.1 Å². The van der Waals surface area contributed by atoms with Crippen molar-refractivity contribution in [3.05, 3.63) is 12.2 Å². The van der Waals surface area contributed by atoms with Crippen LogP contribution in [0.15, 0.2) is 12.2 Å². The fourth-order valence-corrected chi connectivity index (χ4v) is 2.96. The molecular weight excluding hydrogens is 160 g/mol. The molecule has 0 heterocycles. The Balaban J connectivity index is 1.99. The van der Waals surface area contributed by atoms with Crippen LogP contribution in [0.2, 0.25) is 0 Å². The molecule has 2 aliphatic carbocycles. The van der Waals surface area contributed by atoms with Crippen molar-refractivity contribution >= 4 is 0 Å². The van der Waals surface area contributed by atoms with Crippen molar-refractivity contribution in [2.24, 2.45) is 11.8 Å². The Morgan fingerprint density at radius 1 is 1.54 bits per heavy atom. The molecule has 0 aromatic carbocycles. The van der Waals surface area contributed by atoms with Crippen LogP contribution in [0.4, 0.5) is 0 Å². The van der Waals surface area contributed by atoms with Crippen LogP contribution in [0.3, 0.4) is 0 Å². The van der Waals surface area contributed by atoms with E-state index in [1.165, 1.54) is 32.1 Å². The molecule has 0 aromatic rings. The second-order valence-corrected chi connectivity index (χ2v) is 4.40. The topological polar surface area (TPSA) is 9.23 Å². The number of allylic oxidation sites excluding steroid dienone is 1. The predicted molar refractivity (Wildman–Crippen MR) is 54.6 cm³/mol. The summed E-state index contributed by atoms with van der Waals surface area (Å²) >= 11 is 0. The van der Waals surface area contributed by atoms with Gasteiger partial charge in [-0.2, -0.15) is 0 Å². The molecule has 3 atom stereocenters. The lowest BCUT2D eigenvalue weighted by Gasteiger charge is -2.15. The van der Waals surface area contributed by atoms with E-state index < -0.39 is 0 Å². The van der Waals surface area contributed by atoms with Crippen molar-refractivity contribution in [3.8, 4) is 0 Å². The normalized spacial score (nSPS) is 41.7. The summed E-state index contributed by atoms with van der Waals surface area (Å²) in [4.78, 5) is 0. The molecule has 2 rings (SSSR count). The van der Waals surface area contributed by atoms with Crippen LogP contribution in [-0.2, 0) is 4.74 Å². The van der Waals surface area contributed by atoms with Crippen LogP contribution >= 0.6 is 0 Å². The molecule has 0 radical (unpaired) electrons. The summed E-state index contributed by atoms with van der Waals surface area (Å²) in [5.74, 6) is 1.59. The summed E-state index contributed by atoms with van der Waals surface area (Å²) in [6, 6.07) is 0. The van der Waals surface area contributed by atoms with Crippen LogP contribution in [0, 0.1) is 11.8 Å². The molecule has 13 heavy (non-hydrogen) atoms. The monoisotopic (exact) mass is 180 g/mol. The predicted octanol–water partition coefficient (Wildman–Crippen LogP) is 3.16. The first-order chi connectivity index (χ1) is 6.35. The highest BCUT2D eigenvalue weighted by Gasteiger charge is 2.63. The van der Waals surface area contributed by atoms with E-state index >= 15 is 0 Å². The van der Waals surface area contributed by atoms with E-state index in [1.807, 2.05) is 7.11 Å². The number of fused-ring (bicyclic) bond motifs is 1. The maximum absolute atomic E-state index is 5.75. The highest BCUT2D eigenvalue weighted by atomic mass is 16.5. The number of hydrogen-bond acceptors (Lipinski definition) is 1. The molecular formula is C12H20O. The third kappa shape index (κ3) is 1.34. The summed E-state index contributed by atoms with van der Waals surface area (Å²) in [6.45, 7) is 2.26. The lowest BCUT2D eigenvalue weighted by atomic mass is 10.1. The van der Waals surface area contributed by atoms with Crippen molar-refractivity contribution in [1.82, 2.24) is 0 Å². The largest absolute Gasteiger partial charge is 0.377 e. The van der Waals surface area contributed by atoms with Gasteiger partial charge in [0.05, 0.1) is 5.60 Å². The Bertz CT molecular complexity index is 209. The highest BCUT2D eigenvalue weighted by Crippen LogP contribution is 2.60. The van der Waals surface area contributed by atoms with Gasteiger partial charge in [-0.25, -0.2) is 0 Å². The first-order valence-electron chi connectivity index (χ1n) is 5.57. The van der Waals surface area contributed by atoms with Crippen LogP contribution in [0.1, 0.15) is 39.0 Å². The Kier molecular flexibility index (Phi) is 2.46. The molecule has 0 amide bonds. The van der Waals surface area contributed by atoms with Gasteiger partial charge in [0.25, 0.3) is 0 Å². The molecule has 0 bridgehead atoms. The van der Waals surface area contributed by atoms with E-state index in [-0.39, 0.29) is 5.60 Å². The zero-order chi connectivity index (χ0) is 9.31. The molecule has 1 heteroatoms. The summed E-state index contributed by atoms with van der Waals surface area (Å²) in [6.07, 6.45) is 11.2. The zero-order valence-corrected chi connectivity index (χ0v) is 8.75. The lowest BCUT2D eigenvalue weighted by Crippen LogP contribution is -2.16. The van der Waals surface area contributed by atoms with E-state index in [0.29, 0.717) is 0 Å². The maximum Gasteiger partial charge on any atom is 0.0779 e. The minimum absolute atomic E-state index is 0.253. The fourth-order valence-electron chi connectivity index (χ4n) is 2.96. The van der Waals surface area contributed by atoms with Gasteiger partial charge in [0.2, 0.25) is 0 Å². The van der Waals surface area contributed by atoms with Crippen molar-refractivity contribution < 1.29 is 4.74 Å². The van der Waals surface area contributed by atoms with Gasteiger partial charge >= 0.3 is 0 Å². The van der Waals surface area contributed by atoms with Crippen LogP contribution in [0.25, 0.3) is 0 Å². The summed E-state index contributed by atoms with van der Waals surface area (Å²) < 4.78 is 5.75. The van der Waals surface area contributed by atoms with Crippen LogP contribution in [0.5, 0.6) is 0 Å². The molecule has 0 aromatic heterocycles. The smallest absolute Gasteiger partial charge is 0.0779 e. The van der Waals surface area contributed by atoms with Gasteiger partial charge in [-0.1, -0.05) is 31.9 Å². The molecule has 0 saturated heterocycles. The Morgan fingerprint density at radius 3 is 2.92 bits per heavy atom. The molecule has 1 fully saturated rings. The molecule has 0 N–H and O–H groups in total. The van der Waals surface area contributed by atoms with Gasteiger partial charge in [-0.15, -0.1) is 0 Å². The summed E-state index contributed by atoms with van der Waals surface area (Å²) in [5.41, 5.74) is 0.253. The first kappa shape index (κ1) is 9.26. The second-order valence-electron chi connectivity index (χ2n) is 4.40. The number of ether oxygens (including phenoxy) is 1. The molecule has 0 spiro atoms. The lowest BCUT2D eigenvalue weighted by molar-refractivity contribution is 0.0491.